The summed E-state index contributed by atoms with van der Waals surface area (Å²) < 4.78 is 97.9. The Morgan fingerprint density at radius 2 is 1.78 bits per heavy atom. The third-order valence-electron chi connectivity index (χ3n) is 4.62. The second kappa shape index (κ2) is 8.60. The molecule has 2 amide bonds. The number of carbonyl (C=O) groups excluding carboxylic acids is 2. The molecule has 172 valence electrons. The van der Waals surface area contributed by atoms with Gasteiger partial charge in [-0.3, -0.25) is 9.59 Å². The maximum atomic E-state index is 13.9. The molecule has 5 nitrogen and oxygen atoms in total. The monoisotopic (exact) mass is 528 g/mol. The fourth-order valence-electron chi connectivity index (χ4n) is 3.07. The average Bonchev–Trinajstić information content (AvgIpc) is 3.07. The maximum absolute atomic E-state index is 13.9. The number of carbonyl (C=O) groups is 2. The summed E-state index contributed by atoms with van der Waals surface area (Å²) in [4.78, 5) is 20.0. The van der Waals surface area contributed by atoms with Crippen LogP contribution in [0.3, 0.4) is 0 Å². The summed E-state index contributed by atoms with van der Waals surface area (Å²) in [6.07, 6.45) is -5.12. The largest absolute Gasteiger partial charge is 0.475 e. The normalized spacial score (nSPS) is 18.9. The molecule has 1 saturated heterocycles. The van der Waals surface area contributed by atoms with Gasteiger partial charge in [-0.2, -0.15) is 17.6 Å². The zero-order valence-corrected chi connectivity index (χ0v) is 17.2. The summed E-state index contributed by atoms with van der Waals surface area (Å²) in [6.45, 7) is -0.210. The van der Waals surface area contributed by atoms with Crippen molar-refractivity contribution in [2.75, 3.05) is 11.9 Å². The Hall–Kier alpha value is -2.83. The van der Waals surface area contributed by atoms with Gasteiger partial charge in [0.2, 0.25) is 11.8 Å². The van der Waals surface area contributed by atoms with Gasteiger partial charge in [-0.15, -0.1) is 0 Å². The molecule has 1 heterocycles. The van der Waals surface area contributed by atoms with Crippen LogP contribution in [-0.2, 0) is 9.59 Å². The summed E-state index contributed by atoms with van der Waals surface area (Å²) in [6, 6.07) is 5.30. The summed E-state index contributed by atoms with van der Waals surface area (Å²) in [7, 11) is 0. The van der Waals surface area contributed by atoms with Gasteiger partial charge in [0.05, 0.1) is 5.69 Å². The average molecular weight is 529 g/mol. The molecular formula is C19H12BrF7N2O3. The summed E-state index contributed by atoms with van der Waals surface area (Å²) in [5.41, 5.74) is -0.621. The van der Waals surface area contributed by atoms with Crippen molar-refractivity contribution in [2.45, 2.75) is 16.9 Å². The van der Waals surface area contributed by atoms with E-state index in [1.807, 2.05) is 0 Å². The van der Waals surface area contributed by atoms with Crippen molar-refractivity contribution in [3.05, 3.63) is 59.4 Å². The van der Waals surface area contributed by atoms with Gasteiger partial charge in [0, 0.05) is 28.4 Å². The SMILES string of the molecule is O=C1NC[C@H](c2ccc(F)c(OC(F)(F)C(F)(F)Br)c2)[C@H]1C(=O)Nc1cccc(F)c1F. The predicted octanol–water partition coefficient (Wildman–Crippen LogP) is 4.53. The van der Waals surface area contributed by atoms with Crippen LogP contribution in [0.1, 0.15) is 11.5 Å². The number of nitrogens with one attached hydrogen (secondary N) is 2. The first-order chi connectivity index (χ1) is 14.8. The van der Waals surface area contributed by atoms with Crippen molar-refractivity contribution in [1.82, 2.24) is 5.32 Å². The molecule has 0 radical (unpaired) electrons. The molecule has 1 aliphatic heterocycles. The van der Waals surface area contributed by atoms with E-state index in [-0.39, 0.29) is 12.1 Å². The molecule has 0 spiro atoms. The Kier molecular flexibility index (Phi) is 6.40. The van der Waals surface area contributed by atoms with Gasteiger partial charge < -0.3 is 15.4 Å². The smallest absolute Gasteiger partial charge is 0.424 e. The zero-order chi connectivity index (χ0) is 23.8. The number of benzene rings is 2. The zero-order valence-electron chi connectivity index (χ0n) is 15.6. The second-order valence-corrected chi connectivity index (χ2v) is 7.72. The van der Waals surface area contributed by atoms with Crippen molar-refractivity contribution >= 4 is 33.4 Å². The van der Waals surface area contributed by atoms with E-state index >= 15 is 0 Å². The third-order valence-corrected chi connectivity index (χ3v) is 5.09. The molecule has 2 N–H and O–H groups in total. The van der Waals surface area contributed by atoms with Crippen molar-refractivity contribution < 1.29 is 45.1 Å². The molecule has 0 unspecified atom stereocenters. The Morgan fingerprint density at radius 1 is 1.09 bits per heavy atom. The summed E-state index contributed by atoms with van der Waals surface area (Å²) >= 11 is 1.45. The van der Waals surface area contributed by atoms with Gasteiger partial charge in [-0.25, -0.2) is 13.2 Å². The lowest BCUT2D eigenvalue weighted by Gasteiger charge is -2.23. The van der Waals surface area contributed by atoms with Gasteiger partial charge in [-0.1, -0.05) is 12.1 Å². The van der Waals surface area contributed by atoms with Crippen LogP contribution < -0.4 is 15.4 Å². The van der Waals surface area contributed by atoms with E-state index in [4.69, 9.17) is 0 Å². The molecular weight excluding hydrogens is 517 g/mol. The summed E-state index contributed by atoms with van der Waals surface area (Å²) in [5, 5.41) is 4.40. The highest BCUT2D eigenvalue weighted by molar-refractivity contribution is 9.10. The lowest BCUT2D eigenvalue weighted by molar-refractivity contribution is -0.267. The van der Waals surface area contributed by atoms with Crippen molar-refractivity contribution in [2.24, 2.45) is 5.92 Å². The van der Waals surface area contributed by atoms with Crippen LogP contribution >= 0.6 is 15.9 Å². The highest BCUT2D eigenvalue weighted by atomic mass is 79.9. The van der Waals surface area contributed by atoms with E-state index in [2.05, 4.69) is 15.4 Å². The highest BCUT2D eigenvalue weighted by Gasteiger charge is 2.58. The Morgan fingerprint density at radius 3 is 2.44 bits per heavy atom. The molecule has 32 heavy (non-hydrogen) atoms. The first-order valence-electron chi connectivity index (χ1n) is 8.77. The van der Waals surface area contributed by atoms with Gasteiger partial charge in [0.1, 0.15) is 5.92 Å². The second-order valence-electron chi connectivity index (χ2n) is 6.73. The lowest BCUT2D eigenvalue weighted by atomic mass is 9.87. The number of alkyl halides is 5. The number of anilines is 1. The topological polar surface area (TPSA) is 67.4 Å². The number of ether oxygens (including phenoxy) is 1. The van der Waals surface area contributed by atoms with Crippen LogP contribution in [0.2, 0.25) is 0 Å². The third kappa shape index (κ3) is 4.66. The fourth-order valence-corrected chi connectivity index (χ4v) is 3.15. The molecule has 2 aromatic carbocycles. The van der Waals surface area contributed by atoms with E-state index in [9.17, 15) is 40.3 Å². The van der Waals surface area contributed by atoms with Crippen molar-refractivity contribution in [3.8, 4) is 5.75 Å². The van der Waals surface area contributed by atoms with E-state index in [0.717, 1.165) is 24.3 Å². The van der Waals surface area contributed by atoms with Crippen LogP contribution in [-0.4, -0.2) is 29.3 Å². The number of hydrogen-bond acceptors (Lipinski definition) is 3. The van der Waals surface area contributed by atoms with E-state index in [0.29, 0.717) is 12.1 Å². The quantitative estimate of drug-likeness (QED) is 0.329. The molecule has 2 aromatic rings. The molecule has 1 aliphatic rings. The van der Waals surface area contributed by atoms with Crippen LogP contribution in [0.4, 0.5) is 36.4 Å². The van der Waals surface area contributed by atoms with Crippen LogP contribution in [0.15, 0.2) is 36.4 Å². The van der Waals surface area contributed by atoms with E-state index in [1.165, 1.54) is 15.9 Å². The number of amides is 2. The molecule has 0 saturated carbocycles. The highest BCUT2D eigenvalue weighted by Crippen LogP contribution is 2.42. The standard InChI is InChI=1S/C19H12BrF7N2O3/c20-18(24,25)19(26,27)32-13-6-8(4-5-10(13)21)9-7-28-16(30)14(9)17(31)29-12-3-1-2-11(22)15(12)23/h1-6,9,14H,7H2,(H,28,30)(H,29,31)/t9-,14-/m1/s1. The Balaban J connectivity index is 1.89. The predicted molar refractivity (Wildman–Crippen MR) is 100 cm³/mol. The van der Waals surface area contributed by atoms with E-state index < -0.39 is 63.5 Å². The van der Waals surface area contributed by atoms with Crippen molar-refractivity contribution in [1.29, 1.82) is 0 Å². The molecule has 13 heteroatoms. The minimum absolute atomic E-state index is 0.0756. The molecule has 0 bridgehead atoms. The van der Waals surface area contributed by atoms with Crippen LogP contribution in [0.25, 0.3) is 0 Å². The Bertz CT molecular complexity index is 1060. The summed E-state index contributed by atoms with van der Waals surface area (Å²) in [5.74, 6) is -9.78. The molecule has 0 aromatic heterocycles. The number of rotatable bonds is 6. The van der Waals surface area contributed by atoms with Crippen LogP contribution in [0.5, 0.6) is 5.75 Å². The van der Waals surface area contributed by atoms with Gasteiger partial charge >= 0.3 is 10.9 Å². The van der Waals surface area contributed by atoms with Crippen molar-refractivity contribution in [3.63, 3.8) is 0 Å². The van der Waals surface area contributed by atoms with Gasteiger partial charge in [0.25, 0.3) is 0 Å². The van der Waals surface area contributed by atoms with Gasteiger partial charge in [0.15, 0.2) is 23.2 Å². The fraction of sp³-hybridized carbons (Fsp3) is 0.263. The van der Waals surface area contributed by atoms with E-state index in [1.54, 1.807) is 0 Å². The lowest BCUT2D eigenvalue weighted by Crippen LogP contribution is -2.40. The first kappa shape index (κ1) is 23.8. The Labute approximate surface area is 184 Å². The molecule has 3 rings (SSSR count). The molecule has 2 atom stereocenters. The minimum atomic E-state index is -5.12. The first-order valence-corrected chi connectivity index (χ1v) is 9.56. The maximum Gasteiger partial charge on any atom is 0.475 e. The molecule has 1 fully saturated rings. The number of halogens is 8. The van der Waals surface area contributed by atoms with Crippen LogP contribution in [0, 0.1) is 23.4 Å². The van der Waals surface area contributed by atoms with Gasteiger partial charge in [-0.05, 0) is 29.8 Å². The number of hydrogen-bond donors (Lipinski definition) is 2. The minimum Gasteiger partial charge on any atom is -0.424 e. The molecule has 0 aliphatic carbocycles.